The molecule has 0 aliphatic carbocycles. The van der Waals surface area contributed by atoms with Gasteiger partial charge in [-0.2, -0.15) is 5.26 Å². The number of ether oxygens (including phenoxy) is 1. The second-order valence-electron chi connectivity index (χ2n) is 5.33. The van der Waals surface area contributed by atoms with Gasteiger partial charge < -0.3 is 10.1 Å². The van der Waals surface area contributed by atoms with Crippen molar-refractivity contribution in [1.29, 1.82) is 5.26 Å². The number of aryl methyl sites for hydroxylation is 1. The Bertz CT molecular complexity index is 834. The van der Waals surface area contributed by atoms with Crippen LogP contribution in [0.15, 0.2) is 34.3 Å². The van der Waals surface area contributed by atoms with Crippen LogP contribution in [0.4, 0.5) is 11.5 Å². The van der Waals surface area contributed by atoms with Gasteiger partial charge in [0.1, 0.15) is 11.1 Å². The van der Waals surface area contributed by atoms with Crippen molar-refractivity contribution in [3.05, 3.63) is 35.5 Å². The third kappa shape index (κ3) is 4.06. The molecule has 0 spiro atoms. The Hall–Kier alpha value is -2.24. The average molecular weight is 372 g/mol. The van der Waals surface area contributed by atoms with E-state index in [1.807, 2.05) is 12.1 Å². The fraction of sp³-hybridized carbons (Fsp3) is 0.294. The highest BCUT2D eigenvalue weighted by Gasteiger charge is 2.23. The molecule has 25 heavy (non-hydrogen) atoms. The number of fused-ring (bicyclic) bond motifs is 1. The van der Waals surface area contributed by atoms with Gasteiger partial charge >= 0.3 is 5.97 Å². The highest BCUT2D eigenvalue weighted by molar-refractivity contribution is 8.00. The summed E-state index contributed by atoms with van der Waals surface area (Å²) in [6, 6.07) is 9.30. The molecule has 3 rings (SSSR count). The average Bonchev–Trinajstić information content (AvgIpc) is 3.10. The van der Waals surface area contributed by atoms with Gasteiger partial charge in [0.25, 0.3) is 0 Å². The molecule has 1 aliphatic rings. The van der Waals surface area contributed by atoms with Crippen LogP contribution in [0.2, 0.25) is 0 Å². The number of thioether (sulfide) groups is 2. The Kier molecular flexibility index (Phi) is 5.46. The van der Waals surface area contributed by atoms with Gasteiger partial charge in [-0.05, 0) is 31.2 Å². The third-order valence-electron chi connectivity index (χ3n) is 3.59. The van der Waals surface area contributed by atoms with Crippen LogP contribution < -0.4 is 5.32 Å². The van der Waals surface area contributed by atoms with E-state index in [4.69, 9.17) is 10.00 Å². The zero-order chi connectivity index (χ0) is 17.8. The normalized spacial score (nSPS) is 13.6. The van der Waals surface area contributed by atoms with Crippen molar-refractivity contribution in [2.45, 2.75) is 28.6 Å². The maximum atomic E-state index is 11.6. The molecule has 0 saturated heterocycles. The van der Waals surface area contributed by atoms with Gasteiger partial charge in [-0.25, -0.2) is 9.97 Å². The lowest BCUT2D eigenvalue weighted by molar-refractivity contribution is -0.139. The van der Waals surface area contributed by atoms with Crippen molar-refractivity contribution in [2.24, 2.45) is 0 Å². The number of methoxy groups -OCH3 is 1. The predicted molar refractivity (Wildman–Crippen MR) is 98.2 cm³/mol. The fourth-order valence-corrected chi connectivity index (χ4v) is 4.18. The topological polar surface area (TPSA) is 87.9 Å². The van der Waals surface area contributed by atoms with Crippen LogP contribution in [0, 0.1) is 11.3 Å². The summed E-state index contributed by atoms with van der Waals surface area (Å²) in [5, 5.41) is 12.4. The van der Waals surface area contributed by atoms with Crippen molar-refractivity contribution in [3.63, 3.8) is 0 Å². The number of benzene rings is 1. The molecule has 0 fully saturated rings. The first kappa shape index (κ1) is 17.6. The minimum Gasteiger partial charge on any atom is -0.468 e. The number of anilines is 2. The minimum absolute atomic E-state index is 0.301. The lowest BCUT2D eigenvalue weighted by Gasteiger charge is -2.13. The van der Waals surface area contributed by atoms with E-state index in [1.165, 1.54) is 18.9 Å². The number of hydrogen-bond acceptors (Lipinski definition) is 8. The summed E-state index contributed by atoms with van der Waals surface area (Å²) in [4.78, 5) is 21.8. The molecule has 6 nitrogen and oxygen atoms in total. The first-order chi connectivity index (χ1) is 12.1. The van der Waals surface area contributed by atoms with Crippen LogP contribution in [-0.2, 0) is 16.0 Å². The molecule has 0 amide bonds. The number of aromatic nitrogens is 2. The molecule has 1 aliphatic heterocycles. The molecule has 2 heterocycles. The summed E-state index contributed by atoms with van der Waals surface area (Å²) in [5.41, 5.74) is 2.45. The third-order valence-corrected chi connectivity index (χ3v) is 5.66. The zero-order valence-electron chi connectivity index (χ0n) is 13.8. The number of nitrogens with zero attached hydrogens (tertiary/aromatic N) is 3. The van der Waals surface area contributed by atoms with E-state index >= 15 is 0 Å². The standard InChI is InChI=1S/C17H16N4O2S2/c1-10(16(22)23-2)25-17-20-13-7-8-24-14(13)15(21-17)19-12-5-3-11(9-18)4-6-12/h3-6,10H,7-8H2,1-2H3,(H,19,20,21). The smallest absolute Gasteiger partial charge is 0.318 e. The van der Waals surface area contributed by atoms with E-state index in [1.54, 1.807) is 30.8 Å². The maximum Gasteiger partial charge on any atom is 0.318 e. The number of rotatable bonds is 5. The molecule has 1 aromatic carbocycles. The van der Waals surface area contributed by atoms with Crippen LogP contribution in [-0.4, -0.2) is 34.0 Å². The lowest BCUT2D eigenvalue weighted by atomic mass is 10.2. The second-order valence-corrected chi connectivity index (χ2v) is 7.74. The van der Waals surface area contributed by atoms with Gasteiger partial charge in [-0.15, -0.1) is 11.8 Å². The molecule has 1 aromatic heterocycles. The van der Waals surface area contributed by atoms with Crippen molar-refractivity contribution in [2.75, 3.05) is 18.2 Å². The van der Waals surface area contributed by atoms with Crippen molar-refractivity contribution in [1.82, 2.24) is 9.97 Å². The SMILES string of the molecule is COC(=O)C(C)Sc1nc2c(c(Nc3ccc(C#N)cc3)n1)SCC2. The van der Waals surface area contributed by atoms with Crippen LogP contribution in [0.25, 0.3) is 0 Å². The van der Waals surface area contributed by atoms with Gasteiger partial charge in [0, 0.05) is 17.9 Å². The Morgan fingerprint density at radius 1 is 1.40 bits per heavy atom. The quantitative estimate of drug-likeness (QED) is 0.485. The van der Waals surface area contributed by atoms with Crippen molar-refractivity contribution >= 4 is 41.0 Å². The number of nitriles is 1. The first-order valence-corrected chi connectivity index (χ1v) is 9.52. The molecule has 8 heteroatoms. The number of nitrogens with one attached hydrogen (secondary N) is 1. The summed E-state index contributed by atoms with van der Waals surface area (Å²) in [5.74, 6) is 1.40. The molecule has 1 atom stereocenters. The predicted octanol–water partition coefficient (Wildman–Crippen LogP) is 3.39. The van der Waals surface area contributed by atoms with Crippen LogP contribution >= 0.6 is 23.5 Å². The maximum absolute atomic E-state index is 11.6. The van der Waals surface area contributed by atoms with E-state index in [0.717, 1.165) is 34.3 Å². The van der Waals surface area contributed by atoms with E-state index in [0.29, 0.717) is 10.7 Å². The minimum atomic E-state index is -0.375. The molecule has 0 saturated carbocycles. The van der Waals surface area contributed by atoms with Crippen molar-refractivity contribution < 1.29 is 9.53 Å². The highest BCUT2D eigenvalue weighted by atomic mass is 32.2. The fourth-order valence-electron chi connectivity index (χ4n) is 2.32. The molecule has 128 valence electrons. The Morgan fingerprint density at radius 3 is 2.84 bits per heavy atom. The van der Waals surface area contributed by atoms with Gasteiger partial charge in [-0.3, -0.25) is 4.79 Å². The van der Waals surface area contributed by atoms with Crippen molar-refractivity contribution in [3.8, 4) is 6.07 Å². The van der Waals surface area contributed by atoms with Gasteiger partial charge in [0.05, 0.1) is 29.3 Å². The molecular weight excluding hydrogens is 356 g/mol. The summed E-state index contributed by atoms with van der Waals surface area (Å²) in [6.45, 7) is 1.77. The van der Waals surface area contributed by atoms with Gasteiger partial charge in [0.2, 0.25) is 0 Å². The van der Waals surface area contributed by atoms with E-state index in [9.17, 15) is 4.79 Å². The number of hydrogen-bond donors (Lipinski definition) is 1. The highest BCUT2D eigenvalue weighted by Crippen LogP contribution is 2.38. The monoisotopic (exact) mass is 372 g/mol. The second kappa shape index (κ2) is 7.76. The number of carbonyl (C=O) groups is 1. The van der Waals surface area contributed by atoms with Gasteiger partial charge in [0.15, 0.2) is 5.16 Å². The molecule has 1 N–H and O–H groups in total. The largest absolute Gasteiger partial charge is 0.468 e. The molecule has 0 bridgehead atoms. The molecule has 2 aromatic rings. The van der Waals surface area contributed by atoms with E-state index in [-0.39, 0.29) is 11.2 Å². The van der Waals surface area contributed by atoms with E-state index in [2.05, 4.69) is 21.4 Å². The molecular formula is C17H16N4O2S2. The first-order valence-electron chi connectivity index (χ1n) is 7.66. The molecule has 0 radical (unpaired) electrons. The number of carbonyl (C=O) groups excluding carboxylic acids is 1. The Balaban J connectivity index is 1.87. The molecule has 1 unspecified atom stereocenters. The number of esters is 1. The van der Waals surface area contributed by atoms with Gasteiger partial charge in [-0.1, -0.05) is 11.8 Å². The summed E-state index contributed by atoms with van der Waals surface area (Å²) in [6.07, 6.45) is 0.880. The Morgan fingerprint density at radius 2 is 2.16 bits per heavy atom. The van der Waals surface area contributed by atoms with Crippen LogP contribution in [0.3, 0.4) is 0 Å². The van der Waals surface area contributed by atoms with E-state index < -0.39 is 0 Å². The summed E-state index contributed by atoms with van der Waals surface area (Å²) in [7, 11) is 1.37. The van der Waals surface area contributed by atoms with Crippen LogP contribution in [0.5, 0.6) is 0 Å². The van der Waals surface area contributed by atoms with Crippen LogP contribution in [0.1, 0.15) is 18.2 Å². The summed E-state index contributed by atoms with van der Waals surface area (Å²) >= 11 is 3.00. The Labute approximate surface area is 154 Å². The zero-order valence-corrected chi connectivity index (χ0v) is 15.4. The summed E-state index contributed by atoms with van der Waals surface area (Å²) < 4.78 is 4.76. The lowest BCUT2D eigenvalue weighted by Crippen LogP contribution is -2.15.